The number of amides is 2. The van der Waals surface area contributed by atoms with Crippen LogP contribution in [0.15, 0.2) is 53.6 Å². The van der Waals surface area contributed by atoms with Crippen molar-refractivity contribution in [2.24, 2.45) is 5.10 Å². The average Bonchev–Trinajstić information content (AvgIpc) is 2.61. The van der Waals surface area contributed by atoms with E-state index in [2.05, 4.69) is 10.4 Å². The van der Waals surface area contributed by atoms with E-state index in [0.717, 1.165) is 17.8 Å². The molecule has 2 rings (SSSR count). The molecule has 0 heterocycles. The number of halogens is 3. The van der Waals surface area contributed by atoms with Gasteiger partial charge < -0.3 is 5.32 Å². The number of rotatable bonds is 4. The molecule has 2 aromatic rings. The van der Waals surface area contributed by atoms with Gasteiger partial charge in [-0.25, -0.2) is 5.43 Å². The van der Waals surface area contributed by atoms with Gasteiger partial charge in [-0.1, -0.05) is 44.2 Å². The summed E-state index contributed by atoms with van der Waals surface area (Å²) in [4.78, 5) is 23.6. The highest BCUT2D eigenvalue weighted by molar-refractivity contribution is 6.39. The minimum atomic E-state index is -4.55. The summed E-state index contributed by atoms with van der Waals surface area (Å²) in [5.41, 5.74) is 2.29. The summed E-state index contributed by atoms with van der Waals surface area (Å²) in [6.45, 7) is 4.05. The highest BCUT2D eigenvalue weighted by Crippen LogP contribution is 2.31. The number of benzene rings is 2. The second kappa shape index (κ2) is 8.48. The van der Waals surface area contributed by atoms with Crippen LogP contribution in [0.2, 0.25) is 0 Å². The van der Waals surface area contributed by atoms with Gasteiger partial charge in [0.25, 0.3) is 0 Å². The van der Waals surface area contributed by atoms with Crippen molar-refractivity contribution < 1.29 is 22.8 Å². The largest absolute Gasteiger partial charge is 0.417 e. The Hall–Kier alpha value is -3.16. The first-order valence-corrected chi connectivity index (χ1v) is 8.09. The molecule has 0 saturated carbocycles. The van der Waals surface area contributed by atoms with Gasteiger partial charge in [0.05, 0.1) is 11.8 Å². The van der Waals surface area contributed by atoms with Crippen LogP contribution in [0.1, 0.15) is 36.5 Å². The lowest BCUT2D eigenvalue weighted by Crippen LogP contribution is -2.32. The Balaban J connectivity index is 1.97. The lowest BCUT2D eigenvalue weighted by molar-refractivity contribution is -0.137. The number of hydrogen-bond acceptors (Lipinski definition) is 3. The number of anilines is 1. The number of hydrazone groups is 1. The highest BCUT2D eigenvalue weighted by atomic mass is 19.4. The molecule has 2 N–H and O–H groups in total. The first kappa shape index (κ1) is 20.2. The average molecular weight is 377 g/mol. The molecule has 2 aromatic carbocycles. The van der Waals surface area contributed by atoms with Gasteiger partial charge in [0.15, 0.2) is 0 Å². The van der Waals surface area contributed by atoms with Crippen LogP contribution in [0.3, 0.4) is 0 Å². The molecule has 142 valence electrons. The lowest BCUT2D eigenvalue weighted by Gasteiger charge is -2.09. The Labute approximate surface area is 154 Å². The van der Waals surface area contributed by atoms with Crippen LogP contribution < -0.4 is 10.7 Å². The third kappa shape index (κ3) is 5.67. The van der Waals surface area contributed by atoms with Crippen molar-refractivity contribution in [3.63, 3.8) is 0 Å². The van der Waals surface area contributed by atoms with Crippen molar-refractivity contribution in [3.8, 4) is 0 Å². The van der Waals surface area contributed by atoms with E-state index < -0.39 is 23.6 Å². The number of hydrogen-bond donors (Lipinski definition) is 2. The minimum Gasteiger partial charge on any atom is -0.318 e. The van der Waals surface area contributed by atoms with Gasteiger partial charge in [-0.2, -0.15) is 18.3 Å². The van der Waals surface area contributed by atoms with Crippen LogP contribution in [-0.2, 0) is 15.8 Å². The summed E-state index contributed by atoms with van der Waals surface area (Å²) in [7, 11) is 0. The molecule has 0 aliphatic heterocycles. The Kier molecular flexibility index (Phi) is 6.33. The van der Waals surface area contributed by atoms with Crippen LogP contribution in [0.4, 0.5) is 18.9 Å². The summed E-state index contributed by atoms with van der Waals surface area (Å²) in [6.07, 6.45) is -3.71. The maximum absolute atomic E-state index is 12.9. The van der Waals surface area contributed by atoms with Crippen molar-refractivity contribution in [1.29, 1.82) is 0 Å². The smallest absolute Gasteiger partial charge is 0.318 e. The summed E-state index contributed by atoms with van der Waals surface area (Å²) in [6, 6.07) is 11.7. The maximum Gasteiger partial charge on any atom is 0.417 e. The summed E-state index contributed by atoms with van der Waals surface area (Å²) < 4.78 is 38.6. The predicted octanol–water partition coefficient (Wildman–Crippen LogP) is 3.92. The van der Waals surface area contributed by atoms with E-state index in [0.29, 0.717) is 11.6 Å². The van der Waals surface area contributed by atoms with E-state index in [4.69, 9.17) is 0 Å². The van der Waals surface area contributed by atoms with Crippen molar-refractivity contribution in [3.05, 3.63) is 65.2 Å². The van der Waals surface area contributed by atoms with Crippen molar-refractivity contribution in [2.75, 3.05) is 5.32 Å². The molecule has 0 atom stereocenters. The fraction of sp³-hybridized carbons (Fsp3) is 0.211. The summed E-state index contributed by atoms with van der Waals surface area (Å²) in [5, 5.41) is 5.82. The number of carbonyl (C=O) groups excluding carboxylic acids is 2. The van der Waals surface area contributed by atoms with E-state index in [9.17, 15) is 22.8 Å². The number of alkyl halides is 3. The quantitative estimate of drug-likeness (QED) is 0.482. The van der Waals surface area contributed by atoms with E-state index in [-0.39, 0.29) is 5.56 Å². The molecular formula is C19H18F3N3O2. The fourth-order valence-corrected chi connectivity index (χ4v) is 2.22. The number of nitrogens with one attached hydrogen (secondary N) is 2. The van der Waals surface area contributed by atoms with Gasteiger partial charge in [-0.05, 0) is 29.7 Å². The van der Waals surface area contributed by atoms with Gasteiger partial charge in [-0.15, -0.1) is 0 Å². The van der Waals surface area contributed by atoms with E-state index in [1.165, 1.54) is 18.2 Å². The summed E-state index contributed by atoms with van der Waals surface area (Å²) in [5.74, 6) is -1.75. The summed E-state index contributed by atoms with van der Waals surface area (Å²) >= 11 is 0. The first-order chi connectivity index (χ1) is 12.7. The standard InChI is InChI=1S/C19H18F3N3O2/c1-12(2)13-7-9-15(10-8-13)24-17(26)18(27)25-23-11-14-5-3-4-6-16(14)19(20,21)22/h3-12H,1-2H3,(H,24,26)(H,25,27)/b23-11+. The molecule has 0 saturated heterocycles. The molecule has 2 amide bonds. The van der Waals surface area contributed by atoms with Crippen LogP contribution in [0.5, 0.6) is 0 Å². The zero-order chi connectivity index (χ0) is 20.0. The van der Waals surface area contributed by atoms with Crippen LogP contribution in [0, 0.1) is 0 Å². The normalized spacial score (nSPS) is 11.6. The number of nitrogens with zero attached hydrogens (tertiary/aromatic N) is 1. The monoisotopic (exact) mass is 377 g/mol. The second-order valence-electron chi connectivity index (χ2n) is 6.01. The van der Waals surface area contributed by atoms with Gasteiger partial charge in [0.2, 0.25) is 0 Å². The Morgan fingerprint density at radius 2 is 1.63 bits per heavy atom. The highest BCUT2D eigenvalue weighted by Gasteiger charge is 2.32. The van der Waals surface area contributed by atoms with Gasteiger partial charge in [0.1, 0.15) is 0 Å². The molecule has 0 fully saturated rings. The molecule has 5 nitrogen and oxygen atoms in total. The molecule has 8 heteroatoms. The van der Waals surface area contributed by atoms with E-state index in [1.54, 1.807) is 12.1 Å². The van der Waals surface area contributed by atoms with Gasteiger partial charge in [0, 0.05) is 11.3 Å². The van der Waals surface area contributed by atoms with Crippen LogP contribution in [-0.4, -0.2) is 18.0 Å². The van der Waals surface area contributed by atoms with Crippen molar-refractivity contribution >= 4 is 23.7 Å². The zero-order valence-electron chi connectivity index (χ0n) is 14.7. The molecule has 0 bridgehead atoms. The van der Waals surface area contributed by atoms with Crippen LogP contribution in [0.25, 0.3) is 0 Å². The lowest BCUT2D eigenvalue weighted by atomic mass is 10.0. The van der Waals surface area contributed by atoms with Crippen LogP contribution >= 0.6 is 0 Å². The van der Waals surface area contributed by atoms with Gasteiger partial charge >= 0.3 is 18.0 Å². The third-order valence-corrected chi connectivity index (χ3v) is 3.68. The zero-order valence-corrected chi connectivity index (χ0v) is 14.7. The molecule has 27 heavy (non-hydrogen) atoms. The second-order valence-corrected chi connectivity index (χ2v) is 6.01. The van der Waals surface area contributed by atoms with E-state index >= 15 is 0 Å². The molecule has 0 aromatic heterocycles. The molecule has 0 aliphatic carbocycles. The Morgan fingerprint density at radius 1 is 1.00 bits per heavy atom. The maximum atomic E-state index is 12.9. The molecule has 0 radical (unpaired) electrons. The Morgan fingerprint density at radius 3 is 2.22 bits per heavy atom. The Bertz CT molecular complexity index is 844. The number of carbonyl (C=O) groups is 2. The fourth-order valence-electron chi connectivity index (χ4n) is 2.22. The predicted molar refractivity (Wildman–Crippen MR) is 96.3 cm³/mol. The van der Waals surface area contributed by atoms with Crippen molar-refractivity contribution in [1.82, 2.24) is 5.43 Å². The molecule has 0 unspecified atom stereocenters. The molecule has 0 spiro atoms. The third-order valence-electron chi connectivity index (χ3n) is 3.68. The minimum absolute atomic E-state index is 0.227. The molecular weight excluding hydrogens is 359 g/mol. The topological polar surface area (TPSA) is 70.6 Å². The SMILES string of the molecule is CC(C)c1ccc(NC(=O)C(=O)N/N=C/c2ccccc2C(F)(F)F)cc1. The van der Waals surface area contributed by atoms with Gasteiger partial charge in [-0.3, -0.25) is 9.59 Å². The molecule has 0 aliphatic rings. The van der Waals surface area contributed by atoms with Crippen molar-refractivity contribution in [2.45, 2.75) is 25.9 Å². The first-order valence-electron chi connectivity index (χ1n) is 8.09. The van der Waals surface area contributed by atoms with E-state index in [1.807, 2.05) is 31.4 Å².